The molecule has 1 unspecified atom stereocenters. The van der Waals surface area contributed by atoms with Gasteiger partial charge < -0.3 is 9.47 Å². The van der Waals surface area contributed by atoms with E-state index in [0.29, 0.717) is 11.3 Å². The fourth-order valence-corrected chi connectivity index (χ4v) is 4.80. The first-order valence-corrected chi connectivity index (χ1v) is 12.1. The first-order valence-electron chi connectivity index (χ1n) is 11.3. The largest absolute Gasteiger partial charge is 0.462 e. The van der Waals surface area contributed by atoms with Gasteiger partial charge in [0, 0.05) is 15.6 Å². The highest BCUT2D eigenvalue weighted by molar-refractivity contribution is 9.10. The molecule has 1 heterocycles. The van der Waals surface area contributed by atoms with Crippen molar-refractivity contribution in [3.8, 4) is 5.75 Å². The van der Waals surface area contributed by atoms with E-state index in [0.717, 1.165) is 26.4 Å². The molecule has 1 atom stereocenters. The zero-order valence-corrected chi connectivity index (χ0v) is 20.5. The summed E-state index contributed by atoms with van der Waals surface area (Å²) in [6, 6.07) is 28.6. The van der Waals surface area contributed by atoms with Crippen molar-refractivity contribution in [3.63, 3.8) is 0 Å². The zero-order valence-electron chi connectivity index (χ0n) is 19.0. The van der Waals surface area contributed by atoms with Gasteiger partial charge in [0.25, 0.3) is 5.91 Å². The van der Waals surface area contributed by atoms with E-state index in [1.165, 1.54) is 0 Å². The number of amides is 1. The number of carbonyl (C=O) groups is 2. The van der Waals surface area contributed by atoms with Crippen LogP contribution in [0.15, 0.2) is 107 Å². The number of nitrogens with one attached hydrogen (secondary N) is 1. The fourth-order valence-electron chi connectivity index (χ4n) is 4.40. The van der Waals surface area contributed by atoms with Gasteiger partial charge in [0.05, 0.1) is 12.5 Å². The zero-order chi connectivity index (χ0) is 24.4. The topological polar surface area (TPSA) is 64.6 Å². The summed E-state index contributed by atoms with van der Waals surface area (Å²) < 4.78 is 12.5. The third kappa shape index (κ3) is 4.45. The molecule has 0 radical (unpaired) electrons. The van der Waals surface area contributed by atoms with E-state index in [9.17, 15) is 9.59 Å². The predicted molar refractivity (Wildman–Crippen MR) is 138 cm³/mol. The van der Waals surface area contributed by atoms with Gasteiger partial charge in [0.1, 0.15) is 11.3 Å². The predicted octanol–water partition coefficient (Wildman–Crippen LogP) is 6.33. The minimum atomic E-state index is -0.538. The van der Waals surface area contributed by atoms with Crippen molar-refractivity contribution in [1.82, 2.24) is 5.32 Å². The van der Waals surface area contributed by atoms with Crippen molar-refractivity contribution in [2.45, 2.75) is 12.8 Å². The Kier molecular flexibility index (Phi) is 6.38. The number of fused-ring (bicyclic) bond motifs is 3. The van der Waals surface area contributed by atoms with Gasteiger partial charge in [-0.25, -0.2) is 4.79 Å². The minimum absolute atomic E-state index is 0.0741. The SMILES string of the molecule is CCOC(=O)C1=C(NC(=O)c2cccc(Br)c2)Oc2ccc3ccccc3c2C1c1ccccc1. The smallest absolute Gasteiger partial charge is 0.340 e. The summed E-state index contributed by atoms with van der Waals surface area (Å²) >= 11 is 3.40. The maximum Gasteiger partial charge on any atom is 0.340 e. The molecular weight excluding hydrogens is 506 g/mol. The van der Waals surface area contributed by atoms with Gasteiger partial charge >= 0.3 is 5.97 Å². The van der Waals surface area contributed by atoms with Crippen molar-refractivity contribution >= 4 is 38.6 Å². The summed E-state index contributed by atoms with van der Waals surface area (Å²) in [5.74, 6) is -0.772. The number of halogens is 1. The van der Waals surface area contributed by atoms with Crippen molar-refractivity contribution in [2.75, 3.05) is 6.61 Å². The third-order valence-electron chi connectivity index (χ3n) is 5.91. The summed E-state index contributed by atoms with van der Waals surface area (Å²) in [5, 5.41) is 4.84. The van der Waals surface area contributed by atoms with E-state index in [4.69, 9.17) is 9.47 Å². The molecule has 1 N–H and O–H groups in total. The Bertz CT molecular complexity index is 1460. The Hall–Kier alpha value is -3.90. The normalized spacial score (nSPS) is 14.7. The number of rotatable bonds is 5. The van der Waals surface area contributed by atoms with Gasteiger partial charge in [-0.05, 0) is 47.5 Å². The second-order valence-electron chi connectivity index (χ2n) is 8.07. The van der Waals surface area contributed by atoms with Crippen molar-refractivity contribution in [2.24, 2.45) is 0 Å². The molecular formula is C29H22BrNO4. The highest BCUT2D eigenvalue weighted by atomic mass is 79.9. The van der Waals surface area contributed by atoms with E-state index in [1.807, 2.05) is 72.8 Å². The molecule has 35 heavy (non-hydrogen) atoms. The molecule has 1 aliphatic heterocycles. The molecule has 0 spiro atoms. The standard InChI is InChI=1S/C29H22BrNO4/c1-2-34-29(33)26-24(19-10-4-3-5-11-19)25-22-14-7-6-9-18(22)15-16-23(25)35-28(26)31-27(32)20-12-8-13-21(30)17-20/h3-17,24H,2H2,1H3,(H,31,32). The summed E-state index contributed by atoms with van der Waals surface area (Å²) in [6.07, 6.45) is 0. The Balaban J connectivity index is 1.72. The summed E-state index contributed by atoms with van der Waals surface area (Å²) in [6.45, 7) is 1.95. The van der Waals surface area contributed by atoms with Crippen molar-refractivity contribution < 1.29 is 19.1 Å². The maximum absolute atomic E-state index is 13.4. The number of esters is 1. The van der Waals surface area contributed by atoms with Crippen LogP contribution in [0, 0.1) is 0 Å². The van der Waals surface area contributed by atoms with Crippen LogP contribution in [0.25, 0.3) is 10.8 Å². The van der Waals surface area contributed by atoms with Crippen LogP contribution in [-0.4, -0.2) is 18.5 Å². The van der Waals surface area contributed by atoms with Crippen LogP contribution < -0.4 is 10.1 Å². The lowest BCUT2D eigenvalue weighted by Gasteiger charge is -2.31. The molecule has 0 bridgehead atoms. The molecule has 4 aromatic rings. The van der Waals surface area contributed by atoms with E-state index in [-0.39, 0.29) is 24.0 Å². The van der Waals surface area contributed by atoms with Crippen molar-refractivity contribution in [1.29, 1.82) is 0 Å². The molecule has 4 aromatic carbocycles. The van der Waals surface area contributed by atoms with Crippen LogP contribution in [0.1, 0.15) is 34.3 Å². The molecule has 0 saturated heterocycles. The molecule has 6 heteroatoms. The quantitative estimate of drug-likeness (QED) is 0.308. The summed E-state index contributed by atoms with van der Waals surface area (Å²) in [7, 11) is 0. The Morgan fingerprint density at radius 3 is 2.49 bits per heavy atom. The monoisotopic (exact) mass is 527 g/mol. The molecule has 0 saturated carbocycles. The van der Waals surface area contributed by atoms with Gasteiger partial charge in [-0.1, -0.05) is 82.7 Å². The molecule has 174 valence electrons. The number of benzene rings is 4. The molecule has 0 aliphatic carbocycles. The number of ether oxygens (including phenoxy) is 2. The van der Waals surface area contributed by atoms with Gasteiger partial charge in [-0.15, -0.1) is 0 Å². The van der Waals surface area contributed by atoms with Crippen LogP contribution >= 0.6 is 15.9 Å². The molecule has 1 amide bonds. The lowest BCUT2D eigenvalue weighted by atomic mass is 9.80. The van der Waals surface area contributed by atoms with Gasteiger partial charge in [-0.3, -0.25) is 10.1 Å². The van der Waals surface area contributed by atoms with Crippen molar-refractivity contribution in [3.05, 3.63) is 124 Å². The molecule has 0 aromatic heterocycles. The van der Waals surface area contributed by atoms with E-state index >= 15 is 0 Å². The lowest BCUT2D eigenvalue weighted by Crippen LogP contribution is -2.34. The Morgan fingerprint density at radius 1 is 0.943 bits per heavy atom. The Labute approximate surface area is 211 Å². The summed E-state index contributed by atoms with van der Waals surface area (Å²) in [4.78, 5) is 26.6. The van der Waals surface area contributed by atoms with Crippen LogP contribution in [0.2, 0.25) is 0 Å². The third-order valence-corrected chi connectivity index (χ3v) is 6.40. The molecule has 5 rings (SSSR count). The van der Waals surface area contributed by atoms with E-state index in [1.54, 1.807) is 25.1 Å². The number of hydrogen-bond donors (Lipinski definition) is 1. The van der Waals surface area contributed by atoms with E-state index < -0.39 is 11.9 Å². The van der Waals surface area contributed by atoms with Crippen LogP contribution in [0.4, 0.5) is 0 Å². The maximum atomic E-state index is 13.4. The second-order valence-corrected chi connectivity index (χ2v) is 8.99. The van der Waals surface area contributed by atoms with E-state index in [2.05, 4.69) is 21.2 Å². The highest BCUT2D eigenvalue weighted by Crippen LogP contribution is 2.46. The van der Waals surface area contributed by atoms with Crippen LogP contribution in [0.5, 0.6) is 5.75 Å². The molecule has 1 aliphatic rings. The van der Waals surface area contributed by atoms with Gasteiger partial charge in [0.15, 0.2) is 0 Å². The Morgan fingerprint density at radius 2 is 1.71 bits per heavy atom. The first-order chi connectivity index (χ1) is 17.1. The average Bonchev–Trinajstić information content (AvgIpc) is 2.88. The summed E-state index contributed by atoms with van der Waals surface area (Å²) in [5.41, 5.74) is 2.44. The molecule has 0 fully saturated rings. The van der Waals surface area contributed by atoms with Gasteiger partial charge in [0.2, 0.25) is 5.88 Å². The average molecular weight is 528 g/mol. The fraction of sp³-hybridized carbons (Fsp3) is 0.103. The lowest BCUT2D eigenvalue weighted by molar-refractivity contribution is -0.139. The number of hydrogen-bond acceptors (Lipinski definition) is 4. The van der Waals surface area contributed by atoms with Crippen LogP contribution in [-0.2, 0) is 9.53 Å². The van der Waals surface area contributed by atoms with Gasteiger partial charge in [-0.2, -0.15) is 0 Å². The molecule has 5 nitrogen and oxygen atoms in total. The number of carbonyl (C=O) groups excluding carboxylic acids is 2. The highest BCUT2D eigenvalue weighted by Gasteiger charge is 2.38. The first kappa shape index (κ1) is 22.9. The second kappa shape index (κ2) is 9.76. The van der Waals surface area contributed by atoms with Crippen LogP contribution in [0.3, 0.4) is 0 Å². The minimum Gasteiger partial charge on any atom is -0.462 e.